The summed E-state index contributed by atoms with van der Waals surface area (Å²) in [5.74, 6) is 0. The summed E-state index contributed by atoms with van der Waals surface area (Å²) in [7, 11) is -4.95. The Hall–Kier alpha value is -2.65. The van der Waals surface area contributed by atoms with Crippen LogP contribution in [0, 0.1) is 20.2 Å². The molecule has 132 valence electrons. The van der Waals surface area contributed by atoms with E-state index in [0.717, 1.165) is 0 Å². The Bertz CT molecular complexity index is 787. The van der Waals surface area contributed by atoms with Gasteiger partial charge in [0.15, 0.2) is 0 Å². The van der Waals surface area contributed by atoms with Crippen molar-refractivity contribution in [3.63, 3.8) is 0 Å². The van der Waals surface area contributed by atoms with E-state index < -0.39 is 23.3 Å². The second kappa shape index (κ2) is 6.69. The van der Waals surface area contributed by atoms with Crippen molar-refractivity contribution in [1.29, 1.82) is 0 Å². The zero-order valence-electron chi connectivity index (χ0n) is 12.8. The number of hydrogen-bond donors (Lipinski definition) is 2. The first kappa shape index (κ1) is 18.7. The van der Waals surface area contributed by atoms with E-state index >= 15 is 0 Å². The van der Waals surface area contributed by atoms with Gasteiger partial charge in [0.2, 0.25) is 0 Å². The third kappa shape index (κ3) is 4.25. The third-order valence-electron chi connectivity index (χ3n) is 3.56. The lowest BCUT2D eigenvalue weighted by Gasteiger charge is -2.30. The van der Waals surface area contributed by atoms with Crippen LogP contribution in [0.25, 0.3) is 0 Å². The summed E-state index contributed by atoms with van der Waals surface area (Å²) in [6.07, 6.45) is 0. The van der Waals surface area contributed by atoms with E-state index in [4.69, 9.17) is 4.52 Å². The van der Waals surface area contributed by atoms with Crippen molar-refractivity contribution in [1.82, 2.24) is 0 Å². The summed E-state index contributed by atoms with van der Waals surface area (Å²) >= 11 is 0. The van der Waals surface area contributed by atoms with Crippen LogP contribution in [0.4, 0.5) is 11.4 Å². The van der Waals surface area contributed by atoms with Crippen molar-refractivity contribution < 1.29 is 28.7 Å². The number of phosphoric acid groups is 1. The van der Waals surface area contributed by atoms with Crippen molar-refractivity contribution in [2.24, 2.45) is 0 Å². The number of nitrogens with zero attached hydrogens (tertiary/aromatic N) is 2. The van der Waals surface area contributed by atoms with E-state index in [1.807, 2.05) is 0 Å². The first-order valence-electron chi connectivity index (χ1n) is 6.79. The SMILES string of the molecule is CC(OP(=O)(O)O)(c1ccc([N+](=O)[O-])cc1)c1ccc([N+](=O)[O-])cc1. The molecular weight excluding hydrogens is 355 g/mol. The van der Waals surface area contributed by atoms with E-state index in [1.165, 1.54) is 55.5 Å². The van der Waals surface area contributed by atoms with Crippen LogP contribution < -0.4 is 0 Å². The molecule has 25 heavy (non-hydrogen) atoms. The summed E-state index contributed by atoms with van der Waals surface area (Å²) < 4.78 is 16.3. The van der Waals surface area contributed by atoms with Crippen molar-refractivity contribution in [2.45, 2.75) is 12.5 Å². The molecule has 2 rings (SSSR count). The van der Waals surface area contributed by atoms with Gasteiger partial charge < -0.3 is 9.79 Å². The molecule has 10 nitrogen and oxygen atoms in total. The molecule has 0 atom stereocenters. The molecule has 11 heteroatoms. The Morgan fingerprint density at radius 1 is 0.880 bits per heavy atom. The zero-order valence-corrected chi connectivity index (χ0v) is 13.7. The number of non-ortho nitro benzene ring substituents is 2. The normalized spacial score (nSPS) is 12.0. The third-order valence-corrected chi connectivity index (χ3v) is 4.16. The minimum Gasteiger partial charge on any atom is -0.303 e. The van der Waals surface area contributed by atoms with Crippen LogP contribution in [0.3, 0.4) is 0 Å². The smallest absolute Gasteiger partial charge is 0.303 e. The quantitative estimate of drug-likeness (QED) is 0.448. The molecule has 0 radical (unpaired) electrons. The first-order chi connectivity index (χ1) is 11.5. The van der Waals surface area contributed by atoms with Gasteiger partial charge in [-0.25, -0.2) is 4.57 Å². The topological polar surface area (TPSA) is 153 Å². The van der Waals surface area contributed by atoms with E-state index in [-0.39, 0.29) is 22.5 Å². The van der Waals surface area contributed by atoms with E-state index in [1.54, 1.807) is 0 Å². The number of benzene rings is 2. The van der Waals surface area contributed by atoms with E-state index in [9.17, 15) is 34.6 Å². The molecule has 0 aliphatic rings. The summed E-state index contributed by atoms with van der Waals surface area (Å²) in [4.78, 5) is 38.7. The zero-order chi connectivity index (χ0) is 18.8. The number of nitro benzene ring substituents is 2. The fourth-order valence-electron chi connectivity index (χ4n) is 2.31. The number of hydrogen-bond acceptors (Lipinski definition) is 6. The lowest BCUT2D eigenvalue weighted by Crippen LogP contribution is -2.26. The average molecular weight is 368 g/mol. The fraction of sp³-hybridized carbons (Fsp3) is 0.143. The van der Waals surface area contributed by atoms with Crippen LogP contribution >= 0.6 is 7.82 Å². The molecule has 0 unspecified atom stereocenters. The van der Waals surface area contributed by atoms with Crippen LogP contribution in [0.5, 0.6) is 0 Å². The van der Waals surface area contributed by atoms with Gasteiger partial charge in [0.05, 0.1) is 9.85 Å². The first-order valence-corrected chi connectivity index (χ1v) is 8.32. The standard InChI is InChI=1S/C14H13N2O8P/c1-14(24-25(21,22)23,10-2-6-12(7-3-10)15(17)18)11-4-8-13(9-5-11)16(19)20/h2-9H,1H3,(H2,21,22,23). The largest absolute Gasteiger partial charge is 0.470 e. The van der Waals surface area contributed by atoms with Crippen molar-refractivity contribution in [2.75, 3.05) is 0 Å². The van der Waals surface area contributed by atoms with E-state index in [2.05, 4.69) is 0 Å². The van der Waals surface area contributed by atoms with Crippen LogP contribution in [0.2, 0.25) is 0 Å². The predicted molar refractivity (Wildman–Crippen MR) is 85.8 cm³/mol. The minimum absolute atomic E-state index is 0.203. The van der Waals surface area contributed by atoms with Gasteiger partial charge >= 0.3 is 7.82 Å². The maximum Gasteiger partial charge on any atom is 0.470 e. The summed E-state index contributed by atoms with van der Waals surface area (Å²) in [5, 5.41) is 21.5. The van der Waals surface area contributed by atoms with Crippen LogP contribution in [-0.4, -0.2) is 19.6 Å². The number of nitro groups is 2. The Morgan fingerprint density at radius 3 is 1.44 bits per heavy atom. The van der Waals surface area contributed by atoms with Crippen molar-refractivity contribution in [3.05, 3.63) is 79.9 Å². The summed E-state index contributed by atoms with van der Waals surface area (Å²) in [6, 6.07) is 9.88. The Kier molecular flexibility index (Phi) is 5.00. The molecule has 0 fully saturated rings. The number of phosphoric ester groups is 1. The van der Waals surface area contributed by atoms with Crippen LogP contribution in [0.15, 0.2) is 48.5 Å². The van der Waals surface area contributed by atoms with Gasteiger partial charge in [-0.15, -0.1) is 0 Å². The molecule has 2 N–H and O–H groups in total. The van der Waals surface area contributed by atoms with Crippen molar-refractivity contribution >= 4 is 19.2 Å². The van der Waals surface area contributed by atoms with Gasteiger partial charge in [-0.2, -0.15) is 0 Å². The second-order valence-corrected chi connectivity index (χ2v) is 6.39. The molecule has 0 bridgehead atoms. The molecule has 0 heterocycles. The highest BCUT2D eigenvalue weighted by Crippen LogP contribution is 2.48. The molecule has 0 saturated carbocycles. The van der Waals surface area contributed by atoms with Gasteiger partial charge in [0, 0.05) is 24.3 Å². The van der Waals surface area contributed by atoms with Crippen LogP contribution in [0.1, 0.15) is 18.1 Å². The minimum atomic E-state index is -4.95. The highest BCUT2D eigenvalue weighted by atomic mass is 31.2. The molecule has 0 spiro atoms. The van der Waals surface area contributed by atoms with Gasteiger partial charge in [-0.1, -0.05) is 0 Å². The lowest BCUT2D eigenvalue weighted by molar-refractivity contribution is -0.385. The predicted octanol–water partition coefficient (Wildman–Crippen LogP) is 2.88. The highest BCUT2D eigenvalue weighted by molar-refractivity contribution is 7.46. The van der Waals surface area contributed by atoms with Crippen LogP contribution in [-0.2, 0) is 14.7 Å². The maximum absolute atomic E-state index is 11.4. The molecule has 0 aromatic heterocycles. The number of rotatable bonds is 6. The molecule has 0 saturated heterocycles. The second-order valence-electron chi connectivity index (χ2n) is 5.22. The van der Waals surface area contributed by atoms with Gasteiger partial charge in [-0.3, -0.25) is 24.8 Å². The highest BCUT2D eigenvalue weighted by Gasteiger charge is 2.37. The Balaban J connectivity index is 2.55. The summed E-state index contributed by atoms with van der Waals surface area (Å²) in [5.41, 5.74) is -1.62. The summed E-state index contributed by atoms with van der Waals surface area (Å²) in [6.45, 7) is 1.36. The van der Waals surface area contributed by atoms with Gasteiger partial charge in [0.25, 0.3) is 11.4 Å². The molecular formula is C14H13N2O8P. The van der Waals surface area contributed by atoms with Crippen molar-refractivity contribution in [3.8, 4) is 0 Å². The molecule has 2 aromatic rings. The average Bonchev–Trinajstić information content (AvgIpc) is 2.53. The van der Waals surface area contributed by atoms with E-state index in [0.29, 0.717) is 0 Å². The Morgan fingerprint density at radius 2 is 1.20 bits per heavy atom. The maximum atomic E-state index is 11.4. The Labute approximate surface area is 141 Å². The van der Waals surface area contributed by atoms with Gasteiger partial charge in [-0.05, 0) is 42.3 Å². The molecule has 0 aliphatic carbocycles. The fourth-order valence-corrected chi connectivity index (χ4v) is 3.00. The monoisotopic (exact) mass is 368 g/mol. The van der Waals surface area contributed by atoms with Gasteiger partial charge in [0.1, 0.15) is 5.60 Å². The lowest BCUT2D eigenvalue weighted by atomic mass is 9.88. The molecule has 0 amide bonds. The molecule has 0 aliphatic heterocycles. The molecule has 2 aromatic carbocycles.